The van der Waals surface area contributed by atoms with Gasteiger partial charge in [-0.05, 0) is 0 Å². The van der Waals surface area contributed by atoms with Crippen LogP contribution in [0.2, 0.25) is 0 Å². The number of nitrogens with zero attached hydrogens (tertiary/aromatic N) is 2. The summed E-state index contributed by atoms with van der Waals surface area (Å²) in [5, 5.41) is 0.531. The van der Waals surface area contributed by atoms with E-state index in [4.69, 9.17) is 12.2 Å². The first-order valence-corrected chi connectivity index (χ1v) is 3.24. The van der Waals surface area contributed by atoms with Gasteiger partial charge < -0.3 is 0 Å². The van der Waals surface area contributed by atoms with E-state index in [1.165, 1.54) is 0 Å². The number of rotatable bonds is 0. The molecule has 0 aliphatic heterocycles. The first-order chi connectivity index (χ1) is 3.68. The van der Waals surface area contributed by atoms with Crippen LogP contribution in [0.3, 0.4) is 0 Å². The minimum absolute atomic E-state index is 0.531. The Balaban J connectivity index is 3.84. The van der Waals surface area contributed by atoms with Crippen molar-refractivity contribution in [3.05, 3.63) is 0 Å². The summed E-state index contributed by atoms with van der Waals surface area (Å²) in [5.41, 5.74) is 0. The predicted molar refractivity (Wildman–Crippen MR) is 39.5 cm³/mol. The Morgan fingerprint density at radius 2 is 2.25 bits per heavy atom. The van der Waals surface area contributed by atoms with Gasteiger partial charge in [-0.15, -0.1) is 0 Å². The summed E-state index contributed by atoms with van der Waals surface area (Å²) in [4.78, 5) is 5.41. The Kier molecular flexibility index (Phi) is 3.92. The molecule has 0 aromatic rings. The van der Waals surface area contributed by atoms with E-state index >= 15 is 0 Å². The van der Waals surface area contributed by atoms with E-state index < -0.39 is 0 Å². The first kappa shape index (κ1) is 7.99. The van der Waals surface area contributed by atoms with Crippen LogP contribution in [0, 0.1) is 0 Å². The molecule has 0 bridgehead atoms. The molecule has 2 nitrogen and oxygen atoms in total. The fourth-order valence-electron chi connectivity index (χ4n) is 0.139. The molecule has 0 saturated carbocycles. The van der Waals surface area contributed by atoms with E-state index in [0.717, 1.165) is 0 Å². The molecule has 0 unspecified atom stereocenters. The number of hydrogen-bond donors (Lipinski definition) is 0. The SMILES string of the molecule is CN(C)C(=S)N=C=[Se]. The molecule has 0 N–H and O–H groups in total. The molecular formula is C4H6N2SSe. The van der Waals surface area contributed by atoms with E-state index in [1.54, 1.807) is 4.90 Å². The Morgan fingerprint density at radius 1 is 1.75 bits per heavy atom. The van der Waals surface area contributed by atoms with E-state index in [1.807, 2.05) is 14.1 Å². The van der Waals surface area contributed by atoms with E-state index in [2.05, 4.69) is 25.3 Å². The summed E-state index contributed by atoms with van der Waals surface area (Å²) < 4.78 is 2.47. The molecule has 0 radical (unpaired) electrons. The van der Waals surface area contributed by atoms with Crippen LogP contribution in [0.5, 0.6) is 0 Å². The normalized spacial score (nSPS) is 7.25. The Morgan fingerprint density at radius 3 is 2.38 bits per heavy atom. The van der Waals surface area contributed by atoms with Crippen molar-refractivity contribution in [2.24, 2.45) is 4.99 Å². The number of thiocarbonyl (C=S) groups is 1. The quantitative estimate of drug-likeness (QED) is 0.303. The Bertz CT molecular complexity index is 137. The van der Waals surface area contributed by atoms with Crippen LogP contribution < -0.4 is 0 Å². The second-order valence-electron chi connectivity index (χ2n) is 1.38. The molecule has 0 fully saturated rings. The van der Waals surface area contributed by atoms with Crippen molar-refractivity contribution >= 4 is 37.6 Å². The van der Waals surface area contributed by atoms with Crippen LogP contribution in [-0.2, 0) is 0 Å². The third-order valence-corrected chi connectivity index (χ3v) is 1.17. The van der Waals surface area contributed by atoms with Crippen molar-refractivity contribution in [1.82, 2.24) is 4.90 Å². The number of aliphatic imine (C=N–C) groups is 1. The maximum atomic E-state index is 4.75. The summed E-state index contributed by atoms with van der Waals surface area (Å²) >= 11 is 7.25. The molecule has 0 aliphatic carbocycles. The molecule has 0 spiro atoms. The summed E-state index contributed by atoms with van der Waals surface area (Å²) in [6.07, 6.45) is 0. The summed E-state index contributed by atoms with van der Waals surface area (Å²) in [5.74, 6) is 0. The molecule has 44 valence electrons. The molecular weight excluding hydrogens is 187 g/mol. The predicted octanol–water partition coefficient (Wildman–Crippen LogP) is -0.0933. The summed E-state index contributed by atoms with van der Waals surface area (Å²) in [6.45, 7) is 0. The van der Waals surface area contributed by atoms with Crippen molar-refractivity contribution in [2.75, 3.05) is 14.1 Å². The van der Waals surface area contributed by atoms with Crippen LogP contribution in [0.15, 0.2) is 4.99 Å². The standard InChI is InChI=1S/C4H6N2SSe/c1-6(2)4(7)5-3-8/h1-2H3. The fourth-order valence-corrected chi connectivity index (χ4v) is 0.497. The van der Waals surface area contributed by atoms with Crippen LogP contribution in [0.25, 0.3) is 0 Å². The molecule has 0 amide bonds. The van der Waals surface area contributed by atoms with Crippen molar-refractivity contribution in [3.8, 4) is 0 Å². The van der Waals surface area contributed by atoms with E-state index in [-0.39, 0.29) is 0 Å². The molecule has 4 heteroatoms. The Labute approximate surface area is 61.9 Å². The van der Waals surface area contributed by atoms with Gasteiger partial charge in [0, 0.05) is 0 Å². The van der Waals surface area contributed by atoms with Crippen molar-refractivity contribution in [3.63, 3.8) is 0 Å². The van der Waals surface area contributed by atoms with Crippen molar-refractivity contribution < 1.29 is 0 Å². The van der Waals surface area contributed by atoms with Gasteiger partial charge in [-0.1, -0.05) is 0 Å². The van der Waals surface area contributed by atoms with Crippen molar-refractivity contribution in [2.45, 2.75) is 0 Å². The van der Waals surface area contributed by atoms with Gasteiger partial charge in [0.1, 0.15) is 0 Å². The van der Waals surface area contributed by atoms with Gasteiger partial charge in [0.2, 0.25) is 0 Å². The van der Waals surface area contributed by atoms with Gasteiger partial charge >= 0.3 is 61.6 Å². The van der Waals surface area contributed by atoms with Gasteiger partial charge in [0.25, 0.3) is 0 Å². The zero-order valence-electron chi connectivity index (χ0n) is 4.71. The Hall–Kier alpha value is -0.0105. The minimum atomic E-state index is 0.531. The van der Waals surface area contributed by atoms with Crippen LogP contribution in [0.1, 0.15) is 0 Å². The second-order valence-corrected chi connectivity index (χ2v) is 2.13. The zero-order chi connectivity index (χ0) is 6.57. The maximum absolute atomic E-state index is 4.75. The molecule has 0 rings (SSSR count). The average molecular weight is 193 g/mol. The molecule has 0 aromatic heterocycles. The van der Waals surface area contributed by atoms with Crippen molar-refractivity contribution in [1.29, 1.82) is 0 Å². The van der Waals surface area contributed by atoms with Gasteiger partial charge in [-0.25, -0.2) is 0 Å². The molecule has 0 aromatic carbocycles. The van der Waals surface area contributed by atoms with Gasteiger partial charge in [-0.2, -0.15) is 0 Å². The second kappa shape index (κ2) is 3.93. The third kappa shape index (κ3) is 3.05. The van der Waals surface area contributed by atoms with Gasteiger partial charge in [-0.3, -0.25) is 0 Å². The molecule has 0 aliphatic rings. The monoisotopic (exact) mass is 194 g/mol. The molecule has 0 saturated heterocycles. The number of hydrogen-bond acceptors (Lipinski definition) is 1. The van der Waals surface area contributed by atoms with Gasteiger partial charge in [0.05, 0.1) is 0 Å². The van der Waals surface area contributed by atoms with Crippen LogP contribution >= 0.6 is 12.2 Å². The summed E-state index contributed by atoms with van der Waals surface area (Å²) in [6, 6.07) is 0. The van der Waals surface area contributed by atoms with E-state index in [0.29, 0.717) is 5.11 Å². The summed E-state index contributed by atoms with van der Waals surface area (Å²) in [7, 11) is 3.67. The van der Waals surface area contributed by atoms with E-state index in [9.17, 15) is 0 Å². The third-order valence-electron chi connectivity index (χ3n) is 0.524. The van der Waals surface area contributed by atoms with Gasteiger partial charge in [0.15, 0.2) is 0 Å². The fraction of sp³-hybridized carbons (Fsp3) is 0.500. The van der Waals surface area contributed by atoms with Crippen LogP contribution in [-0.4, -0.2) is 44.4 Å². The zero-order valence-corrected chi connectivity index (χ0v) is 7.24. The average Bonchev–Trinajstić information content (AvgIpc) is 1.67. The first-order valence-electron chi connectivity index (χ1n) is 1.97. The molecule has 0 atom stereocenters. The molecule has 8 heavy (non-hydrogen) atoms. The topological polar surface area (TPSA) is 15.6 Å². The van der Waals surface area contributed by atoms with Crippen LogP contribution in [0.4, 0.5) is 0 Å². The molecule has 0 heterocycles.